The number of carbonyl (C=O) groups excluding carboxylic acids is 2. The number of hydrogen-bond acceptors (Lipinski definition) is 4. The number of alkyl halides is 3. The Morgan fingerprint density at radius 3 is 2.73 bits per heavy atom. The predicted molar refractivity (Wildman–Crippen MR) is 109 cm³/mol. The molecule has 6 nitrogen and oxygen atoms in total. The number of piperidine rings is 1. The lowest BCUT2D eigenvalue weighted by Crippen LogP contribution is -2.46. The van der Waals surface area contributed by atoms with E-state index in [0.29, 0.717) is 31.1 Å². The number of nitrogens with one attached hydrogen (secondary N) is 2. The summed E-state index contributed by atoms with van der Waals surface area (Å²) in [5.74, 6) is 0.163. The van der Waals surface area contributed by atoms with Crippen LogP contribution in [0.1, 0.15) is 31.7 Å². The Labute approximate surface area is 176 Å². The van der Waals surface area contributed by atoms with Crippen LogP contribution < -0.4 is 10.6 Å². The Morgan fingerprint density at radius 2 is 2.07 bits per heavy atom. The van der Waals surface area contributed by atoms with Gasteiger partial charge in [0.2, 0.25) is 5.91 Å². The average Bonchev–Trinajstić information content (AvgIpc) is 3.20. The highest BCUT2D eigenvalue weighted by molar-refractivity contribution is 7.13. The number of rotatable bonds is 5. The summed E-state index contributed by atoms with van der Waals surface area (Å²) in [7, 11) is 0. The molecule has 2 N–H and O–H groups in total. The molecule has 0 radical (unpaired) electrons. The second kappa shape index (κ2) is 9.46. The highest BCUT2D eigenvalue weighted by Crippen LogP contribution is 2.32. The molecule has 1 fully saturated rings. The molecular formula is C20H23F3N4O2S. The zero-order chi connectivity index (χ0) is 21.7. The van der Waals surface area contributed by atoms with E-state index in [1.54, 1.807) is 16.5 Å². The van der Waals surface area contributed by atoms with Gasteiger partial charge in [-0.15, -0.1) is 11.3 Å². The molecule has 0 saturated carbocycles. The van der Waals surface area contributed by atoms with Crippen LogP contribution in [0.15, 0.2) is 35.8 Å². The van der Waals surface area contributed by atoms with E-state index >= 15 is 0 Å². The average molecular weight is 440 g/mol. The molecule has 1 aromatic carbocycles. The van der Waals surface area contributed by atoms with Crippen molar-refractivity contribution in [3.63, 3.8) is 0 Å². The van der Waals surface area contributed by atoms with E-state index in [1.807, 2.05) is 6.92 Å². The minimum absolute atomic E-state index is 0.102. The van der Waals surface area contributed by atoms with Crippen LogP contribution in [0.5, 0.6) is 0 Å². The molecule has 0 aliphatic carbocycles. The van der Waals surface area contributed by atoms with Gasteiger partial charge in [-0.3, -0.25) is 4.79 Å². The molecule has 3 rings (SSSR count). The zero-order valence-electron chi connectivity index (χ0n) is 16.4. The molecular weight excluding hydrogens is 417 g/mol. The maximum atomic E-state index is 12.9. The van der Waals surface area contributed by atoms with Gasteiger partial charge in [-0.2, -0.15) is 13.2 Å². The summed E-state index contributed by atoms with van der Waals surface area (Å²) in [6.07, 6.45) is -1.05. The first-order valence-corrected chi connectivity index (χ1v) is 10.6. The minimum Gasteiger partial charge on any atom is -0.324 e. The lowest BCUT2D eigenvalue weighted by Gasteiger charge is -2.38. The van der Waals surface area contributed by atoms with Crippen molar-refractivity contribution in [3.05, 3.63) is 41.4 Å². The number of halogens is 3. The fraction of sp³-hybridized carbons (Fsp3) is 0.450. The van der Waals surface area contributed by atoms with Crippen molar-refractivity contribution >= 4 is 34.1 Å². The number of amides is 3. The Kier molecular flexibility index (Phi) is 6.96. The first-order chi connectivity index (χ1) is 14.3. The third-order valence-corrected chi connectivity index (χ3v) is 5.96. The van der Waals surface area contributed by atoms with Gasteiger partial charge in [0.15, 0.2) is 5.13 Å². The molecule has 2 heterocycles. The van der Waals surface area contributed by atoms with Crippen molar-refractivity contribution in [1.29, 1.82) is 0 Å². The molecule has 1 aromatic heterocycles. The number of urea groups is 1. The molecule has 0 spiro atoms. The lowest BCUT2D eigenvalue weighted by atomic mass is 9.81. The van der Waals surface area contributed by atoms with Gasteiger partial charge in [0.05, 0.1) is 5.56 Å². The number of thiazole rings is 1. The van der Waals surface area contributed by atoms with Crippen molar-refractivity contribution < 1.29 is 22.8 Å². The molecule has 1 aliphatic rings. The lowest BCUT2D eigenvalue weighted by molar-refractivity contribution is -0.137. The number of benzene rings is 1. The first-order valence-electron chi connectivity index (χ1n) is 9.68. The third kappa shape index (κ3) is 5.71. The molecule has 0 bridgehead atoms. The number of hydrogen-bond donors (Lipinski definition) is 2. The molecule has 2 atom stereocenters. The molecule has 2 unspecified atom stereocenters. The largest absolute Gasteiger partial charge is 0.416 e. The van der Waals surface area contributed by atoms with Crippen molar-refractivity contribution in [1.82, 2.24) is 9.88 Å². The Bertz CT molecular complexity index is 873. The van der Waals surface area contributed by atoms with Gasteiger partial charge < -0.3 is 15.5 Å². The van der Waals surface area contributed by atoms with Crippen LogP contribution in [0.3, 0.4) is 0 Å². The molecule has 1 saturated heterocycles. The summed E-state index contributed by atoms with van der Waals surface area (Å²) >= 11 is 1.35. The van der Waals surface area contributed by atoms with Gasteiger partial charge in [0, 0.05) is 36.8 Å². The number of carbonyl (C=O) groups is 2. The van der Waals surface area contributed by atoms with E-state index in [2.05, 4.69) is 15.6 Å². The van der Waals surface area contributed by atoms with Crippen LogP contribution in [0.4, 0.5) is 28.8 Å². The summed E-state index contributed by atoms with van der Waals surface area (Å²) in [5.41, 5.74) is -0.704. The first kappa shape index (κ1) is 22.1. The van der Waals surface area contributed by atoms with E-state index in [-0.39, 0.29) is 23.4 Å². The minimum atomic E-state index is -4.47. The smallest absolute Gasteiger partial charge is 0.324 e. The highest BCUT2D eigenvalue weighted by Gasteiger charge is 2.33. The molecule has 2 aromatic rings. The van der Waals surface area contributed by atoms with Crippen molar-refractivity contribution in [3.8, 4) is 0 Å². The number of anilines is 2. The van der Waals surface area contributed by atoms with Gasteiger partial charge in [-0.25, -0.2) is 9.78 Å². The van der Waals surface area contributed by atoms with E-state index in [4.69, 9.17) is 0 Å². The quantitative estimate of drug-likeness (QED) is 0.682. The standard InChI is InChI=1S/C20H23F3N4O2S/c1-2-13-12-27(8-6-14(13)10-17(28)26-18-24-7-9-30-18)19(29)25-16-5-3-4-15(11-16)20(21,22)23/h3-5,7,9,11,13-14H,2,6,8,10,12H2,1H3,(H,25,29)(H,24,26,28). The van der Waals surface area contributed by atoms with E-state index in [0.717, 1.165) is 18.6 Å². The monoisotopic (exact) mass is 440 g/mol. The topological polar surface area (TPSA) is 74.3 Å². The summed E-state index contributed by atoms with van der Waals surface area (Å²) in [6, 6.07) is 4.15. The van der Waals surface area contributed by atoms with E-state index in [1.165, 1.54) is 23.5 Å². The van der Waals surface area contributed by atoms with Crippen LogP contribution in [-0.2, 0) is 11.0 Å². The normalized spacial score (nSPS) is 19.4. The Morgan fingerprint density at radius 1 is 1.27 bits per heavy atom. The van der Waals surface area contributed by atoms with Crippen LogP contribution in [0.25, 0.3) is 0 Å². The van der Waals surface area contributed by atoms with Gasteiger partial charge in [0.1, 0.15) is 0 Å². The Hall–Kier alpha value is -2.62. The Balaban J connectivity index is 1.56. The van der Waals surface area contributed by atoms with Crippen LogP contribution >= 0.6 is 11.3 Å². The predicted octanol–water partition coefficient (Wildman–Crippen LogP) is 5.07. The summed E-state index contributed by atoms with van der Waals surface area (Å²) in [6.45, 7) is 2.90. The second-order valence-electron chi connectivity index (χ2n) is 7.26. The van der Waals surface area contributed by atoms with Gasteiger partial charge >= 0.3 is 12.2 Å². The van der Waals surface area contributed by atoms with Crippen LogP contribution in [0.2, 0.25) is 0 Å². The molecule has 10 heteroatoms. The maximum absolute atomic E-state index is 12.9. The molecule has 162 valence electrons. The summed E-state index contributed by atoms with van der Waals surface area (Å²) in [4.78, 5) is 30.5. The van der Waals surface area contributed by atoms with E-state index < -0.39 is 17.8 Å². The fourth-order valence-electron chi connectivity index (χ4n) is 3.67. The number of likely N-dealkylation sites (tertiary alicyclic amines) is 1. The SMILES string of the molecule is CCC1CN(C(=O)Nc2cccc(C(F)(F)F)c2)CCC1CC(=O)Nc1nccs1. The zero-order valence-corrected chi connectivity index (χ0v) is 17.2. The molecule has 30 heavy (non-hydrogen) atoms. The van der Waals surface area contributed by atoms with Crippen LogP contribution in [0, 0.1) is 11.8 Å². The van der Waals surface area contributed by atoms with E-state index in [9.17, 15) is 22.8 Å². The van der Waals surface area contributed by atoms with Gasteiger partial charge in [0.25, 0.3) is 0 Å². The second-order valence-corrected chi connectivity index (χ2v) is 8.16. The van der Waals surface area contributed by atoms with Crippen molar-refractivity contribution in [2.45, 2.75) is 32.4 Å². The van der Waals surface area contributed by atoms with Gasteiger partial charge in [-0.1, -0.05) is 19.4 Å². The molecule has 3 amide bonds. The van der Waals surface area contributed by atoms with Crippen molar-refractivity contribution in [2.24, 2.45) is 11.8 Å². The molecule has 1 aliphatic heterocycles. The van der Waals surface area contributed by atoms with Crippen molar-refractivity contribution in [2.75, 3.05) is 23.7 Å². The third-order valence-electron chi connectivity index (χ3n) is 5.27. The number of aromatic nitrogens is 1. The highest BCUT2D eigenvalue weighted by atomic mass is 32.1. The maximum Gasteiger partial charge on any atom is 0.416 e. The van der Waals surface area contributed by atoms with Crippen LogP contribution in [-0.4, -0.2) is 34.9 Å². The number of nitrogens with zero attached hydrogens (tertiary/aromatic N) is 2. The van der Waals surface area contributed by atoms with Gasteiger partial charge in [-0.05, 0) is 36.5 Å². The summed E-state index contributed by atoms with van der Waals surface area (Å²) in [5, 5.41) is 7.68. The summed E-state index contributed by atoms with van der Waals surface area (Å²) < 4.78 is 38.6. The fourth-order valence-corrected chi connectivity index (χ4v) is 4.21.